The lowest BCUT2D eigenvalue weighted by molar-refractivity contribution is 0.805. The van der Waals surface area contributed by atoms with Crippen LogP contribution >= 0.6 is 0 Å². The van der Waals surface area contributed by atoms with Gasteiger partial charge in [0.1, 0.15) is 0 Å². The minimum Gasteiger partial charge on any atom is -0.360 e. The smallest absolute Gasteiger partial charge is 0.0909 e. The second-order valence-corrected chi connectivity index (χ2v) is 4.54. The number of benzene rings is 1. The van der Waals surface area contributed by atoms with Crippen molar-refractivity contribution in [1.82, 2.24) is 15.0 Å². The van der Waals surface area contributed by atoms with Gasteiger partial charge in [-0.1, -0.05) is 18.2 Å². The molecular formula is C15H16N4. The number of para-hydroxylation sites is 1. The SMILES string of the molecule is NCCCc1cncc(-c2c[nH]c3ccccc23)n1. The zero-order valence-electron chi connectivity index (χ0n) is 10.6. The van der Waals surface area contributed by atoms with Crippen LogP contribution in [0.25, 0.3) is 22.2 Å². The van der Waals surface area contributed by atoms with Crippen LogP contribution in [0.15, 0.2) is 42.9 Å². The predicted octanol–water partition coefficient (Wildman–Crippen LogP) is 2.52. The number of aryl methyl sites for hydroxylation is 1. The van der Waals surface area contributed by atoms with Crippen molar-refractivity contribution in [1.29, 1.82) is 0 Å². The number of H-pyrrole nitrogens is 1. The molecule has 19 heavy (non-hydrogen) atoms. The summed E-state index contributed by atoms with van der Waals surface area (Å²) in [5, 5.41) is 1.17. The molecule has 0 fully saturated rings. The fourth-order valence-corrected chi connectivity index (χ4v) is 2.22. The minimum absolute atomic E-state index is 0.680. The highest BCUT2D eigenvalue weighted by molar-refractivity contribution is 5.94. The summed E-state index contributed by atoms with van der Waals surface area (Å²) in [5.41, 5.74) is 9.65. The number of nitrogens with two attached hydrogens (primary N) is 1. The van der Waals surface area contributed by atoms with E-state index in [1.807, 2.05) is 30.7 Å². The van der Waals surface area contributed by atoms with E-state index in [9.17, 15) is 0 Å². The molecule has 0 spiro atoms. The van der Waals surface area contributed by atoms with E-state index < -0.39 is 0 Å². The number of fused-ring (bicyclic) bond motifs is 1. The molecule has 3 N–H and O–H groups in total. The van der Waals surface area contributed by atoms with Crippen molar-refractivity contribution in [2.45, 2.75) is 12.8 Å². The number of hydrogen-bond acceptors (Lipinski definition) is 3. The number of hydrogen-bond donors (Lipinski definition) is 2. The average Bonchev–Trinajstić information content (AvgIpc) is 2.89. The molecular weight excluding hydrogens is 236 g/mol. The van der Waals surface area contributed by atoms with Crippen molar-refractivity contribution < 1.29 is 0 Å². The van der Waals surface area contributed by atoms with E-state index in [4.69, 9.17) is 5.73 Å². The Hall–Kier alpha value is -2.20. The highest BCUT2D eigenvalue weighted by atomic mass is 14.8. The van der Waals surface area contributed by atoms with Gasteiger partial charge in [0.25, 0.3) is 0 Å². The maximum absolute atomic E-state index is 5.53. The molecule has 3 aromatic rings. The normalized spacial score (nSPS) is 11.0. The van der Waals surface area contributed by atoms with E-state index in [1.54, 1.807) is 0 Å². The number of aromatic amines is 1. The van der Waals surface area contributed by atoms with Crippen LogP contribution in [0, 0.1) is 0 Å². The second kappa shape index (κ2) is 5.20. The van der Waals surface area contributed by atoms with E-state index in [2.05, 4.69) is 27.1 Å². The van der Waals surface area contributed by atoms with E-state index in [1.165, 1.54) is 5.39 Å². The van der Waals surface area contributed by atoms with Gasteiger partial charge in [0, 0.05) is 28.9 Å². The second-order valence-electron chi connectivity index (χ2n) is 4.54. The molecule has 0 aliphatic heterocycles. The Morgan fingerprint density at radius 2 is 2.05 bits per heavy atom. The molecule has 0 atom stereocenters. The van der Waals surface area contributed by atoms with Gasteiger partial charge >= 0.3 is 0 Å². The summed E-state index contributed by atoms with van der Waals surface area (Å²) in [6.45, 7) is 0.680. The fourth-order valence-electron chi connectivity index (χ4n) is 2.22. The van der Waals surface area contributed by atoms with E-state index in [0.717, 1.165) is 35.3 Å². The number of nitrogens with zero attached hydrogens (tertiary/aromatic N) is 2. The average molecular weight is 252 g/mol. The van der Waals surface area contributed by atoms with Crippen molar-refractivity contribution in [2.24, 2.45) is 5.73 Å². The lowest BCUT2D eigenvalue weighted by Crippen LogP contribution is -2.02. The first-order valence-electron chi connectivity index (χ1n) is 6.46. The Labute approximate surface area is 111 Å². The summed E-state index contributed by atoms with van der Waals surface area (Å²) in [6, 6.07) is 8.21. The molecule has 1 aromatic carbocycles. The molecule has 0 unspecified atom stereocenters. The third-order valence-electron chi connectivity index (χ3n) is 3.19. The summed E-state index contributed by atoms with van der Waals surface area (Å²) < 4.78 is 0. The van der Waals surface area contributed by atoms with Crippen LogP contribution < -0.4 is 5.73 Å². The molecule has 3 rings (SSSR count). The first-order chi connectivity index (χ1) is 9.38. The van der Waals surface area contributed by atoms with Crippen molar-refractivity contribution >= 4 is 10.9 Å². The molecule has 0 aliphatic carbocycles. The predicted molar refractivity (Wildman–Crippen MR) is 76.7 cm³/mol. The van der Waals surface area contributed by atoms with Crippen molar-refractivity contribution in [2.75, 3.05) is 6.54 Å². The maximum Gasteiger partial charge on any atom is 0.0909 e. The Bertz CT molecular complexity index is 687. The van der Waals surface area contributed by atoms with Crippen LogP contribution in [0.5, 0.6) is 0 Å². The molecule has 4 nitrogen and oxygen atoms in total. The third kappa shape index (κ3) is 2.35. The van der Waals surface area contributed by atoms with Crippen LogP contribution in [-0.4, -0.2) is 21.5 Å². The lowest BCUT2D eigenvalue weighted by Gasteiger charge is -2.02. The van der Waals surface area contributed by atoms with E-state index in [-0.39, 0.29) is 0 Å². The number of aromatic nitrogens is 3. The van der Waals surface area contributed by atoms with Gasteiger partial charge in [-0.2, -0.15) is 0 Å². The van der Waals surface area contributed by atoms with Gasteiger partial charge < -0.3 is 10.7 Å². The van der Waals surface area contributed by atoms with E-state index >= 15 is 0 Å². The quantitative estimate of drug-likeness (QED) is 0.749. The Balaban J connectivity index is 2.01. The van der Waals surface area contributed by atoms with Gasteiger partial charge in [-0.15, -0.1) is 0 Å². The highest BCUT2D eigenvalue weighted by Gasteiger charge is 2.07. The van der Waals surface area contributed by atoms with Crippen molar-refractivity contribution in [3.8, 4) is 11.3 Å². The van der Waals surface area contributed by atoms with Crippen LogP contribution in [0.4, 0.5) is 0 Å². The number of nitrogens with one attached hydrogen (secondary N) is 1. The van der Waals surface area contributed by atoms with Crippen LogP contribution in [0.2, 0.25) is 0 Å². The first kappa shape index (κ1) is 11.9. The molecule has 0 saturated heterocycles. The molecule has 0 aliphatic rings. The summed E-state index contributed by atoms with van der Waals surface area (Å²) in [6.07, 6.45) is 7.42. The molecule has 2 aromatic heterocycles. The zero-order chi connectivity index (χ0) is 13.1. The van der Waals surface area contributed by atoms with Crippen molar-refractivity contribution in [3.05, 3.63) is 48.5 Å². The lowest BCUT2D eigenvalue weighted by atomic mass is 10.1. The molecule has 4 heteroatoms. The zero-order valence-corrected chi connectivity index (χ0v) is 10.6. The molecule has 0 saturated carbocycles. The fraction of sp³-hybridized carbons (Fsp3) is 0.200. The third-order valence-corrected chi connectivity index (χ3v) is 3.19. The number of rotatable bonds is 4. The van der Waals surface area contributed by atoms with Gasteiger partial charge in [-0.3, -0.25) is 4.98 Å². The van der Waals surface area contributed by atoms with Gasteiger partial charge in [-0.25, -0.2) is 4.98 Å². The van der Waals surface area contributed by atoms with Gasteiger partial charge in [0.15, 0.2) is 0 Å². The largest absolute Gasteiger partial charge is 0.360 e. The molecule has 0 radical (unpaired) electrons. The van der Waals surface area contributed by atoms with Gasteiger partial charge in [0.2, 0.25) is 0 Å². The molecule has 96 valence electrons. The Morgan fingerprint density at radius 1 is 1.16 bits per heavy atom. The van der Waals surface area contributed by atoms with Gasteiger partial charge in [-0.05, 0) is 25.5 Å². The first-order valence-corrected chi connectivity index (χ1v) is 6.46. The molecule has 2 heterocycles. The van der Waals surface area contributed by atoms with Crippen LogP contribution in [-0.2, 0) is 6.42 Å². The summed E-state index contributed by atoms with van der Waals surface area (Å²) in [4.78, 5) is 12.2. The summed E-state index contributed by atoms with van der Waals surface area (Å²) in [7, 11) is 0. The Morgan fingerprint density at radius 3 is 2.95 bits per heavy atom. The summed E-state index contributed by atoms with van der Waals surface area (Å²) in [5.74, 6) is 0. The van der Waals surface area contributed by atoms with E-state index in [0.29, 0.717) is 6.54 Å². The monoisotopic (exact) mass is 252 g/mol. The molecule has 0 bridgehead atoms. The van der Waals surface area contributed by atoms with Crippen LogP contribution in [0.3, 0.4) is 0 Å². The molecule has 0 amide bonds. The Kier molecular flexibility index (Phi) is 3.25. The maximum atomic E-state index is 5.53. The topological polar surface area (TPSA) is 67.6 Å². The minimum atomic E-state index is 0.680. The van der Waals surface area contributed by atoms with Gasteiger partial charge in [0.05, 0.1) is 17.6 Å². The van der Waals surface area contributed by atoms with Crippen LogP contribution in [0.1, 0.15) is 12.1 Å². The van der Waals surface area contributed by atoms with Crippen molar-refractivity contribution in [3.63, 3.8) is 0 Å². The highest BCUT2D eigenvalue weighted by Crippen LogP contribution is 2.26. The standard InChI is InChI=1S/C15H16N4/c16-7-3-4-11-8-17-10-15(19-11)13-9-18-14-6-2-1-5-12(13)14/h1-2,5-6,8-10,18H,3-4,7,16H2. The summed E-state index contributed by atoms with van der Waals surface area (Å²) >= 11 is 0.